The number of aromatic nitrogens is 2. The van der Waals surface area contributed by atoms with Crippen LogP contribution in [0.2, 0.25) is 5.15 Å². The Morgan fingerprint density at radius 3 is 3.00 bits per heavy atom. The second-order valence-corrected chi connectivity index (χ2v) is 4.08. The zero-order valence-electron chi connectivity index (χ0n) is 8.88. The highest BCUT2D eigenvalue weighted by Gasteiger charge is 2.35. The molecule has 1 aromatic rings. The Bertz CT molecular complexity index is 406. The Morgan fingerprint density at radius 2 is 2.35 bits per heavy atom. The number of nitrogens with zero attached hydrogens (tertiary/aromatic N) is 2. The molecule has 7 nitrogen and oxygen atoms in total. The van der Waals surface area contributed by atoms with Crippen LogP contribution in [0.5, 0.6) is 0 Å². The number of nitrogens with two attached hydrogens (primary N) is 1. The first kappa shape index (κ1) is 12.3. The van der Waals surface area contributed by atoms with Gasteiger partial charge in [0.15, 0.2) is 11.0 Å². The fourth-order valence-electron chi connectivity index (χ4n) is 1.64. The van der Waals surface area contributed by atoms with Gasteiger partial charge in [-0.3, -0.25) is 0 Å². The first-order valence-electron chi connectivity index (χ1n) is 5.06. The molecule has 0 radical (unpaired) electrons. The highest BCUT2D eigenvalue weighted by molar-refractivity contribution is 6.32. The number of aliphatic hydroxyl groups excluding tert-OH is 2. The molecule has 1 saturated heterocycles. The monoisotopic (exact) mass is 260 g/mol. The van der Waals surface area contributed by atoms with E-state index in [1.165, 1.54) is 6.33 Å². The van der Waals surface area contributed by atoms with Crippen molar-refractivity contribution in [2.24, 2.45) is 0 Å². The third-order valence-electron chi connectivity index (χ3n) is 2.62. The summed E-state index contributed by atoms with van der Waals surface area (Å²) in [4.78, 5) is 7.65. The molecule has 3 unspecified atom stereocenters. The van der Waals surface area contributed by atoms with Crippen LogP contribution < -0.4 is 11.1 Å². The van der Waals surface area contributed by atoms with Crippen LogP contribution in [-0.4, -0.2) is 51.6 Å². The minimum absolute atomic E-state index is 0.148. The van der Waals surface area contributed by atoms with Crippen molar-refractivity contribution in [3.05, 3.63) is 11.5 Å². The molecule has 1 aliphatic heterocycles. The fourth-order valence-corrected chi connectivity index (χ4v) is 1.77. The summed E-state index contributed by atoms with van der Waals surface area (Å²) in [6.07, 6.45) is -0.147. The molecular weight excluding hydrogens is 248 g/mol. The van der Waals surface area contributed by atoms with Crippen LogP contribution in [0.1, 0.15) is 0 Å². The molecule has 1 aromatic heterocycles. The van der Waals surface area contributed by atoms with E-state index in [9.17, 15) is 5.11 Å². The molecule has 0 bridgehead atoms. The van der Waals surface area contributed by atoms with Gasteiger partial charge in [-0.25, -0.2) is 9.97 Å². The Balaban J connectivity index is 2.09. The molecule has 8 heteroatoms. The molecule has 0 aromatic carbocycles. The Labute approximate surface area is 103 Å². The number of aliphatic hydroxyl groups is 2. The second kappa shape index (κ2) is 5.01. The predicted molar refractivity (Wildman–Crippen MR) is 61.7 cm³/mol. The fraction of sp³-hybridized carbons (Fsp3) is 0.556. The van der Waals surface area contributed by atoms with Crippen molar-refractivity contribution in [3.63, 3.8) is 0 Å². The molecule has 0 amide bonds. The topological polar surface area (TPSA) is 114 Å². The largest absolute Gasteiger partial charge is 0.394 e. The normalized spacial score (nSPS) is 28.3. The number of anilines is 2. The Kier molecular flexibility index (Phi) is 3.63. The third-order valence-corrected chi connectivity index (χ3v) is 2.92. The molecule has 0 aliphatic carbocycles. The van der Waals surface area contributed by atoms with Gasteiger partial charge in [-0.1, -0.05) is 11.6 Å². The van der Waals surface area contributed by atoms with E-state index in [4.69, 9.17) is 27.2 Å². The molecule has 17 heavy (non-hydrogen) atoms. The minimum atomic E-state index is -0.826. The number of rotatable bonds is 3. The molecule has 3 atom stereocenters. The smallest absolute Gasteiger partial charge is 0.157 e. The van der Waals surface area contributed by atoms with Crippen LogP contribution >= 0.6 is 11.6 Å². The van der Waals surface area contributed by atoms with E-state index in [2.05, 4.69) is 15.3 Å². The average Bonchev–Trinajstić information content (AvgIpc) is 2.66. The lowest BCUT2D eigenvalue weighted by Gasteiger charge is -2.18. The molecule has 0 saturated carbocycles. The summed E-state index contributed by atoms with van der Waals surface area (Å²) in [5.74, 6) is 0.344. The summed E-state index contributed by atoms with van der Waals surface area (Å²) in [6.45, 7) is 0.0206. The first-order valence-corrected chi connectivity index (χ1v) is 5.44. The zero-order valence-corrected chi connectivity index (χ0v) is 9.63. The molecular formula is C9H13ClN4O3. The van der Waals surface area contributed by atoms with E-state index >= 15 is 0 Å². The van der Waals surface area contributed by atoms with Crippen molar-refractivity contribution in [1.82, 2.24) is 9.97 Å². The summed E-state index contributed by atoms with van der Waals surface area (Å²) in [6, 6.07) is -0.389. The predicted octanol–water partition coefficient (Wildman–Crippen LogP) is -0.755. The molecule has 1 aliphatic rings. The quantitative estimate of drug-likeness (QED) is 0.529. The van der Waals surface area contributed by atoms with E-state index in [1.54, 1.807) is 0 Å². The molecule has 5 N–H and O–H groups in total. The van der Waals surface area contributed by atoms with E-state index in [1.807, 2.05) is 0 Å². The molecule has 1 fully saturated rings. The van der Waals surface area contributed by atoms with Crippen LogP contribution in [0.3, 0.4) is 0 Å². The number of halogens is 1. The van der Waals surface area contributed by atoms with Crippen LogP contribution in [0, 0.1) is 0 Å². The Morgan fingerprint density at radius 1 is 1.59 bits per heavy atom. The van der Waals surface area contributed by atoms with Gasteiger partial charge in [0, 0.05) is 0 Å². The van der Waals surface area contributed by atoms with E-state index in [0.717, 1.165) is 0 Å². The number of nitrogens with one attached hydrogen (secondary N) is 1. The van der Waals surface area contributed by atoms with Gasteiger partial charge in [-0.2, -0.15) is 0 Å². The molecule has 2 rings (SSSR count). The molecule has 0 spiro atoms. The van der Waals surface area contributed by atoms with Gasteiger partial charge in [-0.15, -0.1) is 0 Å². The summed E-state index contributed by atoms with van der Waals surface area (Å²) in [5, 5.41) is 21.8. The van der Waals surface area contributed by atoms with Gasteiger partial charge < -0.3 is 26.0 Å². The van der Waals surface area contributed by atoms with Gasteiger partial charge in [0.1, 0.15) is 24.2 Å². The maximum atomic E-state index is 9.81. The van der Waals surface area contributed by atoms with Gasteiger partial charge in [-0.05, 0) is 0 Å². The maximum Gasteiger partial charge on any atom is 0.157 e. The lowest BCUT2D eigenvalue weighted by molar-refractivity contribution is 0.00363. The van der Waals surface area contributed by atoms with Crippen LogP contribution in [0.15, 0.2) is 6.33 Å². The number of ether oxygens (including phenoxy) is 1. The van der Waals surface area contributed by atoms with Crippen molar-refractivity contribution in [2.45, 2.75) is 18.2 Å². The zero-order chi connectivity index (χ0) is 12.4. The van der Waals surface area contributed by atoms with Crippen LogP contribution in [-0.2, 0) is 4.74 Å². The van der Waals surface area contributed by atoms with Crippen molar-refractivity contribution in [2.75, 3.05) is 24.3 Å². The summed E-state index contributed by atoms with van der Waals surface area (Å²) < 4.78 is 5.19. The van der Waals surface area contributed by atoms with Crippen LogP contribution in [0.4, 0.5) is 11.5 Å². The molecule has 94 valence electrons. The van der Waals surface area contributed by atoms with E-state index < -0.39 is 12.2 Å². The Hall–Kier alpha value is -1.15. The van der Waals surface area contributed by atoms with Crippen molar-refractivity contribution in [1.29, 1.82) is 0 Å². The van der Waals surface area contributed by atoms with Gasteiger partial charge in [0.25, 0.3) is 0 Å². The first-order chi connectivity index (χ1) is 8.13. The number of hydrogen-bond donors (Lipinski definition) is 4. The lowest BCUT2D eigenvalue weighted by Crippen LogP contribution is -2.37. The van der Waals surface area contributed by atoms with E-state index in [0.29, 0.717) is 5.82 Å². The average molecular weight is 261 g/mol. The minimum Gasteiger partial charge on any atom is -0.394 e. The third kappa shape index (κ3) is 2.42. The van der Waals surface area contributed by atoms with Crippen molar-refractivity contribution < 1.29 is 14.9 Å². The van der Waals surface area contributed by atoms with Gasteiger partial charge in [0.05, 0.1) is 19.3 Å². The van der Waals surface area contributed by atoms with Crippen LogP contribution in [0.25, 0.3) is 0 Å². The van der Waals surface area contributed by atoms with Gasteiger partial charge in [0.2, 0.25) is 0 Å². The highest BCUT2D eigenvalue weighted by Crippen LogP contribution is 2.25. The van der Waals surface area contributed by atoms with Crippen molar-refractivity contribution in [3.8, 4) is 0 Å². The van der Waals surface area contributed by atoms with E-state index in [-0.39, 0.29) is 30.1 Å². The molecule has 2 heterocycles. The summed E-state index contributed by atoms with van der Waals surface area (Å²) in [5.41, 5.74) is 5.90. The lowest BCUT2D eigenvalue weighted by atomic mass is 10.1. The summed E-state index contributed by atoms with van der Waals surface area (Å²) in [7, 11) is 0. The SMILES string of the molecule is Nc1c(Cl)ncnc1NC1COC(CO)C1O. The number of hydrogen-bond acceptors (Lipinski definition) is 7. The second-order valence-electron chi connectivity index (χ2n) is 3.72. The van der Waals surface area contributed by atoms with Crippen molar-refractivity contribution >= 4 is 23.1 Å². The highest BCUT2D eigenvalue weighted by atomic mass is 35.5. The van der Waals surface area contributed by atoms with Gasteiger partial charge >= 0.3 is 0 Å². The maximum absolute atomic E-state index is 9.81. The standard InChI is InChI=1S/C9H13ClN4O3/c10-8-6(11)9(13-3-12-8)14-4-2-17-5(1-15)7(4)16/h3-5,7,15-16H,1-2,11H2,(H,12,13,14). The number of nitrogen functional groups attached to an aromatic ring is 1. The summed E-state index contributed by atoms with van der Waals surface area (Å²) >= 11 is 5.74.